The van der Waals surface area contributed by atoms with Crippen LogP contribution in [0.3, 0.4) is 0 Å². The lowest BCUT2D eigenvalue weighted by Crippen LogP contribution is -1.98. The van der Waals surface area contributed by atoms with Crippen molar-refractivity contribution in [1.82, 2.24) is 0 Å². The number of hydrogen-bond acceptors (Lipinski definition) is 4. The highest BCUT2D eigenvalue weighted by Crippen LogP contribution is 2.33. The molecule has 4 rings (SSSR count). The van der Waals surface area contributed by atoms with E-state index in [9.17, 15) is 9.90 Å². The molecule has 1 heterocycles. The topological polar surface area (TPSA) is 70.3 Å². The zero-order valence-electron chi connectivity index (χ0n) is 15.1. The number of carbonyl (C=O) groups excluding carboxylic acids is 1. The number of aliphatic hydroxyl groups excluding tert-OH is 1. The van der Waals surface area contributed by atoms with Crippen molar-refractivity contribution in [2.45, 2.75) is 0 Å². The maximum Gasteiger partial charge on any atom is 0.348 e. The number of ether oxygens (including phenoxy) is 1. The number of cyclic esters (lactones) is 1. The minimum atomic E-state index is -0.606. The third-order valence-electron chi connectivity index (χ3n) is 4.57. The zero-order chi connectivity index (χ0) is 20.4. The van der Waals surface area contributed by atoms with Crippen molar-refractivity contribution in [1.29, 1.82) is 5.26 Å². The standard InChI is InChI=1S/C24H14ClNO3/c25-20-11-9-19(10-12-20)22-23(27)21(29-24(22)28)13-15-1-5-17(6-2-15)18-7-3-16(14-26)4-8-18/h1-13,27H. The van der Waals surface area contributed by atoms with Gasteiger partial charge in [-0.2, -0.15) is 5.26 Å². The van der Waals surface area contributed by atoms with E-state index in [0.29, 0.717) is 16.1 Å². The fourth-order valence-electron chi connectivity index (χ4n) is 3.05. The fraction of sp³-hybridized carbons (Fsp3) is 0. The average Bonchev–Trinajstić information content (AvgIpc) is 3.02. The lowest BCUT2D eigenvalue weighted by Gasteiger charge is -2.03. The first-order chi connectivity index (χ1) is 14.0. The number of hydrogen-bond donors (Lipinski definition) is 1. The summed E-state index contributed by atoms with van der Waals surface area (Å²) in [5.74, 6) is -0.704. The van der Waals surface area contributed by atoms with E-state index >= 15 is 0 Å². The molecule has 5 heteroatoms. The normalized spacial score (nSPS) is 14.8. The van der Waals surface area contributed by atoms with Gasteiger partial charge in [0.25, 0.3) is 0 Å². The lowest BCUT2D eigenvalue weighted by molar-refractivity contribution is -0.131. The minimum Gasteiger partial charge on any atom is -0.504 e. The molecule has 3 aromatic rings. The van der Waals surface area contributed by atoms with Gasteiger partial charge in [0.1, 0.15) is 5.57 Å². The van der Waals surface area contributed by atoms with E-state index in [2.05, 4.69) is 6.07 Å². The SMILES string of the molecule is N#Cc1ccc(-c2ccc(C=C3OC(=O)C(c4ccc(Cl)cc4)=C3O)cc2)cc1. The Morgan fingerprint density at radius 1 is 0.862 bits per heavy atom. The highest BCUT2D eigenvalue weighted by Gasteiger charge is 2.31. The molecule has 0 aromatic heterocycles. The molecule has 3 aromatic carbocycles. The van der Waals surface area contributed by atoms with Crippen molar-refractivity contribution in [3.05, 3.63) is 106 Å². The summed E-state index contributed by atoms with van der Waals surface area (Å²) < 4.78 is 5.25. The molecule has 0 fully saturated rings. The molecular weight excluding hydrogens is 386 g/mol. The van der Waals surface area contributed by atoms with E-state index < -0.39 is 5.97 Å². The van der Waals surface area contributed by atoms with Gasteiger partial charge in [-0.05, 0) is 52.6 Å². The van der Waals surface area contributed by atoms with Crippen LogP contribution in [0.5, 0.6) is 0 Å². The summed E-state index contributed by atoms with van der Waals surface area (Å²) >= 11 is 5.88. The molecule has 0 aliphatic carbocycles. The van der Waals surface area contributed by atoms with E-state index in [1.165, 1.54) is 0 Å². The monoisotopic (exact) mass is 399 g/mol. The molecule has 0 saturated heterocycles. The van der Waals surface area contributed by atoms with Gasteiger partial charge in [0.05, 0.1) is 11.6 Å². The second-order valence-electron chi connectivity index (χ2n) is 6.44. The summed E-state index contributed by atoms with van der Waals surface area (Å²) in [5, 5.41) is 19.9. The van der Waals surface area contributed by atoms with Gasteiger partial charge in [-0.15, -0.1) is 0 Å². The summed E-state index contributed by atoms with van der Waals surface area (Å²) in [4.78, 5) is 12.2. The summed E-state index contributed by atoms with van der Waals surface area (Å²) in [6.45, 7) is 0. The molecular formula is C24H14ClNO3. The summed E-state index contributed by atoms with van der Waals surface area (Å²) in [6.07, 6.45) is 1.61. The fourth-order valence-corrected chi connectivity index (χ4v) is 3.17. The van der Waals surface area contributed by atoms with Crippen molar-refractivity contribution >= 4 is 29.2 Å². The van der Waals surface area contributed by atoms with E-state index in [1.54, 1.807) is 42.5 Å². The largest absolute Gasteiger partial charge is 0.504 e. The van der Waals surface area contributed by atoms with Crippen molar-refractivity contribution in [2.24, 2.45) is 0 Å². The van der Waals surface area contributed by atoms with Gasteiger partial charge in [-0.3, -0.25) is 0 Å². The quantitative estimate of drug-likeness (QED) is 0.569. The van der Waals surface area contributed by atoms with Crippen LogP contribution in [0.25, 0.3) is 22.8 Å². The average molecular weight is 400 g/mol. The molecule has 4 nitrogen and oxygen atoms in total. The Bertz CT molecular complexity index is 1180. The number of nitrogens with zero attached hydrogens (tertiary/aromatic N) is 1. The molecule has 0 amide bonds. The van der Waals surface area contributed by atoms with Crippen molar-refractivity contribution in [2.75, 3.05) is 0 Å². The molecule has 0 spiro atoms. The van der Waals surface area contributed by atoms with Crippen LogP contribution in [0.4, 0.5) is 0 Å². The number of nitriles is 1. The first-order valence-electron chi connectivity index (χ1n) is 8.79. The molecule has 0 atom stereocenters. The molecule has 140 valence electrons. The number of esters is 1. The lowest BCUT2D eigenvalue weighted by atomic mass is 10.0. The highest BCUT2D eigenvalue weighted by atomic mass is 35.5. The van der Waals surface area contributed by atoms with Gasteiger partial charge in [-0.25, -0.2) is 4.79 Å². The summed E-state index contributed by atoms with van der Waals surface area (Å²) in [5.41, 5.74) is 4.01. The Hall–Kier alpha value is -3.81. The number of rotatable bonds is 3. The van der Waals surface area contributed by atoms with Crippen LogP contribution in [0, 0.1) is 11.3 Å². The summed E-state index contributed by atoms with van der Waals surface area (Å²) in [7, 11) is 0. The van der Waals surface area contributed by atoms with Crippen LogP contribution in [-0.2, 0) is 9.53 Å². The predicted octanol–water partition coefficient (Wildman–Crippen LogP) is 5.75. The third kappa shape index (κ3) is 3.77. The van der Waals surface area contributed by atoms with Crippen LogP contribution in [0.15, 0.2) is 84.3 Å². The van der Waals surface area contributed by atoms with E-state index in [-0.39, 0.29) is 17.1 Å². The van der Waals surface area contributed by atoms with Crippen molar-refractivity contribution < 1.29 is 14.6 Å². The van der Waals surface area contributed by atoms with Gasteiger partial charge in [-0.1, -0.05) is 60.1 Å². The Morgan fingerprint density at radius 2 is 1.41 bits per heavy atom. The predicted molar refractivity (Wildman–Crippen MR) is 112 cm³/mol. The van der Waals surface area contributed by atoms with Crippen molar-refractivity contribution in [3.63, 3.8) is 0 Å². The third-order valence-corrected chi connectivity index (χ3v) is 4.82. The maximum absolute atomic E-state index is 12.2. The molecule has 0 radical (unpaired) electrons. The highest BCUT2D eigenvalue weighted by molar-refractivity contribution is 6.30. The van der Waals surface area contributed by atoms with E-state index in [0.717, 1.165) is 16.7 Å². The first-order valence-corrected chi connectivity index (χ1v) is 9.17. The van der Waals surface area contributed by atoms with E-state index in [4.69, 9.17) is 21.6 Å². The van der Waals surface area contributed by atoms with Crippen LogP contribution in [-0.4, -0.2) is 11.1 Å². The summed E-state index contributed by atoms with van der Waals surface area (Å²) in [6, 6.07) is 23.6. The molecule has 29 heavy (non-hydrogen) atoms. The Kier molecular flexibility index (Phi) is 4.90. The van der Waals surface area contributed by atoms with Crippen molar-refractivity contribution in [3.8, 4) is 17.2 Å². The van der Waals surface area contributed by atoms with Gasteiger partial charge < -0.3 is 9.84 Å². The van der Waals surface area contributed by atoms with Gasteiger partial charge >= 0.3 is 5.97 Å². The number of aliphatic hydroxyl groups is 1. The second kappa shape index (κ2) is 7.67. The Labute approximate surface area is 172 Å². The van der Waals surface area contributed by atoms with Crippen LogP contribution in [0.2, 0.25) is 5.02 Å². The number of benzene rings is 3. The van der Waals surface area contributed by atoms with Crippen LogP contribution in [0.1, 0.15) is 16.7 Å². The number of halogens is 1. The second-order valence-corrected chi connectivity index (χ2v) is 6.88. The molecule has 1 aliphatic heterocycles. The van der Waals surface area contributed by atoms with Gasteiger partial charge in [0, 0.05) is 5.02 Å². The maximum atomic E-state index is 12.2. The molecule has 0 saturated carbocycles. The molecule has 1 aliphatic rings. The van der Waals surface area contributed by atoms with E-state index in [1.807, 2.05) is 36.4 Å². The first kappa shape index (κ1) is 18.5. The zero-order valence-corrected chi connectivity index (χ0v) is 15.9. The van der Waals surface area contributed by atoms with Crippen LogP contribution < -0.4 is 0 Å². The molecule has 1 N–H and O–H groups in total. The Balaban J connectivity index is 1.61. The van der Waals surface area contributed by atoms with Gasteiger partial charge in [0.2, 0.25) is 0 Å². The Morgan fingerprint density at radius 3 is 2.00 bits per heavy atom. The van der Waals surface area contributed by atoms with Crippen LogP contribution >= 0.6 is 11.6 Å². The minimum absolute atomic E-state index is 0.103. The van der Waals surface area contributed by atoms with Gasteiger partial charge in [0.15, 0.2) is 11.5 Å². The molecule has 0 unspecified atom stereocenters. The molecule has 0 bridgehead atoms. The smallest absolute Gasteiger partial charge is 0.348 e. The number of carbonyl (C=O) groups is 1.